The smallest absolute Gasteiger partial charge is 0.123 e. The van der Waals surface area contributed by atoms with E-state index in [1.165, 1.54) is 12.1 Å². The molecule has 0 spiro atoms. The molecule has 1 unspecified atom stereocenters. The lowest BCUT2D eigenvalue weighted by molar-refractivity contribution is 0.144. The van der Waals surface area contributed by atoms with Crippen LogP contribution in [0, 0.1) is 5.82 Å². The number of ether oxygens (including phenoxy) is 1. The van der Waals surface area contributed by atoms with Crippen molar-refractivity contribution in [1.29, 1.82) is 0 Å². The molecule has 94 valence electrons. The van der Waals surface area contributed by atoms with Gasteiger partial charge in [-0.05, 0) is 44.1 Å². The number of halogens is 1. The maximum atomic E-state index is 13.3. The highest BCUT2D eigenvalue weighted by Gasteiger charge is 2.25. The minimum Gasteiger partial charge on any atom is -0.496 e. The molecule has 0 bridgehead atoms. The van der Waals surface area contributed by atoms with Gasteiger partial charge in [0.2, 0.25) is 0 Å². The van der Waals surface area contributed by atoms with Crippen molar-refractivity contribution < 1.29 is 14.2 Å². The molecule has 0 saturated carbocycles. The summed E-state index contributed by atoms with van der Waals surface area (Å²) in [6.07, 6.45) is 2.27. The van der Waals surface area contributed by atoms with Crippen LogP contribution in [0.2, 0.25) is 0 Å². The van der Waals surface area contributed by atoms with Crippen LogP contribution in [-0.2, 0) is 0 Å². The largest absolute Gasteiger partial charge is 0.496 e. The quantitative estimate of drug-likeness (QED) is 0.872. The van der Waals surface area contributed by atoms with Gasteiger partial charge in [-0.25, -0.2) is 4.39 Å². The molecule has 1 N–H and O–H groups in total. The molecule has 0 amide bonds. The highest BCUT2D eigenvalue weighted by atomic mass is 19.1. The summed E-state index contributed by atoms with van der Waals surface area (Å²) < 4.78 is 18.5. The first-order valence-corrected chi connectivity index (χ1v) is 5.94. The first-order valence-electron chi connectivity index (χ1n) is 5.94. The summed E-state index contributed by atoms with van der Waals surface area (Å²) >= 11 is 0. The molecule has 0 aliphatic carbocycles. The van der Waals surface area contributed by atoms with Gasteiger partial charge in [-0.15, -0.1) is 0 Å². The van der Waals surface area contributed by atoms with Gasteiger partial charge in [0.15, 0.2) is 0 Å². The standard InChI is InChI=1S/C13H18FNO2/c1-17-13-5-4-10(14)8-11(13)12(9-16)15-6-2-3-7-15/h4-5,8,12,16H,2-3,6-7,9H2,1H3. The third-order valence-electron chi connectivity index (χ3n) is 3.31. The van der Waals surface area contributed by atoms with Crippen molar-refractivity contribution >= 4 is 0 Å². The molecular formula is C13H18FNO2. The fraction of sp³-hybridized carbons (Fsp3) is 0.538. The van der Waals surface area contributed by atoms with Gasteiger partial charge in [0.05, 0.1) is 19.8 Å². The van der Waals surface area contributed by atoms with Crippen LogP contribution in [0.5, 0.6) is 5.75 Å². The Kier molecular flexibility index (Phi) is 3.97. The zero-order valence-corrected chi connectivity index (χ0v) is 10.0. The monoisotopic (exact) mass is 239 g/mol. The van der Waals surface area contributed by atoms with Crippen LogP contribution in [0.15, 0.2) is 18.2 Å². The molecule has 4 heteroatoms. The number of aliphatic hydroxyl groups is 1. The highest BCUT2D eigenvalue weighted by molar-refractivity contribution is 5.36. The summed E-state index contributed by atoms with van der Waals surface area (Å²) in [5.74, 6) is 0.343. The average Bonchev–Trinajstić information content (AvgIpc) is 2.84. The number of benzene rings is 1. The van der Waals surface area contributed by atoms with E-state index in [4.69, 9.17) is 4.74 Å². The molecule has 3 nitrogen and oxygen atoms in total. The molecule has 1 heterocycles. The van der Waals surface area contributed by atoms with Crippen LogP contribution < -0.4 is 4.74 Å². The van der Waals surface area contributed by atoms with Gasteiger partial charge in [0.25, 0.3) is 0 Å². The molecule has 1 fully saturated rings. The zero-order chi connectivity index (χ0) is 12.3. The summed E-state index contributed by atoms with van der Waals surface area (Å²) in [7, 11) is 1.56. The lowest BCUT2D eigenvalue weighted by atomic mass is 10.0. The topological polar surface area (TPSA) is 32.7 Å². The molecule has 1 saturated heterocycles. The number of likely N-dealkylation sites (tertiary alicyclic amines) is 1. The number of aliphatic hydroxyl groups excluding tert-OH is 1. The van der Waals surface area contributed by atoms with Gasteiger partial charge in [-0.3, -0.25) is 4.90 Å². The van der Waals surface area contributed by atoms with Crippen molar-refractivity contribution in [3.8, 4) is 5.75 Å². The Balaban J connectivity index is 2.31. The molecule has 17 heavy (non-hydrogen) atoms. The van der Waals surface area contributed by atoms with Gasteiger partial charge in [0, 0.05) is 5.56 Å². The number of hydrogen-bond acceptors (Lipinski definition) is 3. The van der Waals surface area contributed by atoms with Gasteiger partial charge in [0.1, 0.15) is 11.6 Å². The summed E-state index contributed by atoms with van der Waals surface area (Å²) in [4.78, 5) is 2.18. The maximum absolute atomic E-state index is 13.3. The van der Waals surface area contributed by atoms with E-state index in [1.54, 1.807) is 13.2 Å². The summed E-state index contributed by atoms with van der Waals surface area (Å²) in [5.41, 5.74) is 0.733. The Morgan fingerprint density at radius 2 is 2.12 bits per heavy atom. The van der Waals surface area contributed by atoms with Gasteiger partial charge >= 0.3 is 0 Å². The van der Waals surface area contributed by atoms with Crippen LogP contribution in [-0.4, -0.2) is 36.8 Å². The molecule has 1 aromatic rings. The van der Waals surface area contributed by atoms with Crippen LogP contribution in [0.3, 0.4) is 0 Å². The van der Waals surface area contributed by atoms with Crippen LogP contribution in [0.25, 0.3) is 0 Å². The van der Waals surface area contributed by atoms with Crippen LogP contribution in [0.1, 0.15) is 24.4 Å². The van der Waals surface area contributed by atoms with Crippen molar-refractivity contribution in [2.24, 2.45) is 0 Å². The number of hydrogen-bond donors (Lipinski definition) is 1. The second-order valence-corrected chi connectivity index (χ2v) is 4.33. The number of nitrogens with zero attached hydrogens (tertiary/aromatic N) is 1. The van der Waals surface area contributed by atoms with E-state index >= 15 is 0 Å². The van der Waals surface area contributed by atoms with Gasteiger partial charge in [-0.2, -0.15) is 0 Å². The molecule has 0 aromatic heterocycles. The summed E-state index contributed by atoms with van der Waals surface area (Å²) in [6.45, 7) is 1.88. The lowest BCUT2D eigenvalue weighted by Crippen LogP contribution is -2.28. The third kappa shape index (κ3) is 2.58. The van der Waals surface area contributed by atoms with E-state index in [-0.39, 0.29) is 18.5 Å². The minimum atomic E-state index is -0.293. The number of methoxy groups -OCH3 is 1. The Morgan fingerprint density at radius 1 is 1.41 bits per heavy atom. The van der Waals surface area contributed by atoms with E-state index in [0.717, 1.165) is 31.5 Å². The normalized spacial score (nSPS) is 18.3. The van der Waals surface area contributed by atoms with Crippen molar-refractivity contribution in [3.05, 3.63) is 29.6 Å². The first kappa shape index (κ1) is 12.3. The average molecular weight is 239 g/mol. The van der Waals surface area contributed by atoms with E-state index in [9.17, 15) is 9.50 Å². The Morgan fingerprint density at radius 3 is 2.71 bits per heavy atom. The van der Waals surface area contributed by atoms with E-state index in [0.29, 0.717) is 5.75 Å². The van der Waals surface area contributed by atoms with Crippen molar-refractivity contribution in [1.82, 2.24) is 4.90 Å². The highest BCUT2D eigenvalue weighted by Crippen LogP contribution is 2.31. The fourth-order valence-electron chi connectivity index (χ4n) is 2.43. The van der Waals surface area contributed by atoms with Gasteiger partial charge in [-0.1, -0.05) is 0 Å². The predicted molar refractivity (Wildman–Crippen MR) is 63.6 cm³/mol. The Labute approximate surface area is 101 Å². The maximum Gasteiger partial charge on any atom is 0.123 e. The molecule has 1 aromatic carbocycles. The van der Waals surface area contributed by atoms with Crippen LogP contribution in [0.4, 0.5) is 4.39 Å². The Hall–Kier alpha value is -1.13. The number of rotatable bonds is 4. The summed E-state index contributed by atoms with van der Waals surface area (Å²) in [5, 5.41) is 9.53. The van der Waals surface area contributed by atoms with Gasteiger partial charge < -0.3 is 9.84 Å². The summed E-state index contributed by atoms with van der Waals surface area (Å²) in [6, 6.07) is 4.28. The Bertz CT molecular complexity index is 378. The third-order valence-corrected chi connectivity index (χ3v) is 3.31. The zero-order valence-electron chi connectivity index (χ0n) is 10.0. The predicted octanol–water partition coefficient (Wildman–Crippen LogP) is 1.96. The molecular weight excluding hydrogens is 221 g/mol. The van der Waals surface area contributed by atoms with Crippen molar-refractivity contribution in [2.75, 3.05) is 26.8 Å². The lowest BCUT2D eigenvalue weighted by Gasteiger charge is -2.27. The fourth-order valence-corrected chi connectivity index (χ4v) is 2.43. The second kappa shape index (κ2) is 5.47. The molecule has 1 atom stereocenters. The molecule has 2 rings (SSSR count). The van der Waals surface area contributed by atoms with Crippen molar-refractivity contribution in [2.45, 2.75) is 18.9 Å². The van der Waals surface area contributed by atoms with E-state index < -0.39 is 0 Å². The SMILES string of the molecule is COc1ccc(F)cc1C(CO)N1CCCC1. The first-order chi connectivity index (χ1) is 8.26. The van der Waals surface area contributed by atoms with Crippen LogP contribution >= 0.6 is 0 Å². The second-order valence-electron chi connectivity index (χ2n) is 4.33. The van der Waals surface area contributed by atoms with Crippen molar-refractivity contribution in [3.63, 3.8) is 0 Å². The van der Waals surface area contributed by atoms with E-state index in [2.05, 4.69) is 4.90 Å². The van der Waals surface area contributed by atoms with E-state index in [1.807, 2.05) is 0 Å². The molecule has 0 radical (unpaired) electrons. The minimum absolute atomic E-state index is 0.0141. The molecule has 1 aliphatic heterocycles. The molecule has 1 aliphatic rings.